The fourth-order valence-corrected chi connectivity index (χ4v) is 3.23. The molecule has 1 aliphatic rings. The molecule has 1 atom stereocenters. The summed E-state index contributed by atoms with van der Waals surface area (Å²) < 4.78 is 47.8. The highest BCUT2D eigenvalue weighted by Gasteiger charge is 2.39. The standard InChI is InChI=1S/C10H8F2INO3S/c11-6-1-2-9(8(13)3-6)14-5-7(4-10(14)15)18(12,16)17/h1-3,7H,4-5H2. The monoisotopic (exact) mass is 387 g/mol. The number of amides is 1. The average Bonchev–Trinajstić information content (AvgIpc) is 2.60. The van der Waals surface area contributed by atoms with Crippen molar-refractivity contribution in [1.82, 2.24) is 0 Å². The molecular formula is C10H8F2INO3S. The Balaban J connectivity index is 2.33. The summed E-state index contributed by atoms with van der Waals surface area (Å²) in [6, 6.07) is 3.77. The lowest BCUT2D eigenvalue weighted by Gasteiger charge is -2.17. The number of nitrogens with zero attached hydrogens (tertiary/aromatic N) is 1. The van der Waals surface area contributed by atoms with Gasteiger partial charge in [0, 0.05) is 16.5 Å². The molecule has 0 radical (unpaired) electrons. The Morgan fingerprint density at radius 2 is 2.06 bits per heavy atom. The molecule has 98 valence electrons. The Morgan fingerprint density at radius 3 is 2.56 bits per heavy atom. The van der Waals surface area contributed by atoms with E-state index in [1.807, 2.05) is 22.6 Å². The Morgan fingerprint density at radius 1 is 1.39 bits per heavy atom. The van der Waals surface area contributed by atoms with Crippen LogP contribution < -0.4 is 4.90 Å². The molecule has 0 bridgehead atoms. The lowest BCUT2D eigenvalue weighted by molar-refractivity contribution is -0.117. The second-order valence-electron chi connectivity index (χ2n) is 3.90. The van der Waals surface area contributed by atoms with Gasteiger partial charge in [-0.25, -0.2) is 4.39 Å². The zero-order chi connectivity index (χ0) is 13.5. The summed E-state index contributed by atoms with van der Waals surface area (Å²) in [7, 11) is -4.74. The summed E-state index contributed by atoms with van der Waals surface area (Å²) in [5.74, 6) is -0.935. The van der Waals surface area contributed by atoms with E-state index in [4.69, 9.17) is 0 Å². The van der Waals surface area contributed by atoms with Crippen LogP contribution >= 0.6 is 22.6 Å². The van der Waals surface area contributed by atoms with Crippen molar-refractivity contribution >= 4 is 44.4 Å². The molecule has 1 aromatic carbocycles. The first-order valence-electron chi connectivity index (χ1n) is 4.98. The highest BCUT2D eigenvalue weighted by Crippen LogP contribution is 2.29. The Hall–Kier alpha value is -0.770. The molecule has 0 saturated carbocycles. The smallest absolute Gasteiger partial charge is 0.307 e. The van der Waals surface area contributed by atoms with E-state index in [0.29, 0.717) is 9.26 Å². The molecule has 1 aliphatic heterocycles. The molecule has 0 aliphatic carbocycles. The molecule has 18 heavy (non-hydrogen) atoms. The third-order valence-electron chi connectivity index (χ3n) is 2.69. The summed E-state index contributed by atoms with van der Waals surface area (Å²) in [5, 5.41) is -1.34. The molecule has 1 amide bonds. The van der Waals surface area contributed by atoms with E-state index in [0.717, 1.165) is 0 Å². The van der Waals surface area contributed by atoms with E-state index in [1.165, 1.54) is 23.1 Å². The maximum atomic E-state index is 12.9. The molecule has 2 rings (SSSR count). The van der Waals surface area contributed by atoms with Crippen LogP contribution in [0.3, 0.4) is 0 Å². The number of carbonyl (C=O) groups excluding carboxylic acids is 1. The number of benzene rings is 1. The third-order valence-corrected chi connectivity index (χ3v) is 4.66. The topological polar surface area (TPSA) is 54.5 Å². The van der Waals surface area contributed by atoms with Gasteiger partial charge in [-0.2, -0.15) is 8.42 Å². The van der Waals surface area contributed by atoms with Crippen LogP contribution in [0.1, 0.15) is 6.42 Å². The molecule has 0 aromatic heterocycles. The van der Waals surface area contributed by atoms with Crippen LogP contribution in [0.5, 0.6) is 0 Å². The molecular weight excluding hydrogens is 379 g/mol. The first kappa shape index (κ1) is 13.7. The molecule has 1 saturated heterocycles. The molecule has 8 heteroatoms. The van der Waals surface area contributed by atoms with Gasteiger partial charge >= 0.3 is 10.2 Å². The van der Waals surface area contributed by atoms with Crippen molar-refractivity contribution in [1.29, 1.82) is 0 Å². The fraction of sp³-hybridized carbons (Fsp3) is 0.300. The van der Waals surface area contributed by atoms with Crippen LogP contribution in [0.25, 0.3) is 0 Å². The summed E-state index contributed by atoms with van der Waals surface area (Å²) in [4.78, 5) is 12.8. The summed E-state index contributed by atoms with van der Waals surface area (Å²) in [6.07, 6.45) is -0.383. The quantitative estimate of drug-likeness (QED) is 0.575. The van der Waals surface area contributed by atoms with Gasteiger partial charge in [0.1, 0.15) is 11.1 Å². The van der Waals surface area contributed by atoms with Gasteiger partial charge in [0.15, 0.2) is 0 Å². The van der Waals surface area contributed by atoms with Crippen molar-refractivity contribution in [2.24, 2.45) is 0 Å². The number of rotatable bonds is 2. The summed E-state index contributed by atoms with van der Waals surface area (Å²) in [5.41, 5.74) is 0.396. The van der Waals surface area contributed by atoms with Crippen LogP contribution in [-0.2, 0) is 15.0 Å². The minimum absolute atomic E-state index is 0.237. The van der Waals surface area contributed by atoms with Gasteiger partial charge in [-0.15, -0.1) is 3.89 Å². The van der Waals surface area contributed by atoms with Crippen LogP contribution in [0, 0.1) is 9.39 Å². The first-order chi connectivity index (χ1) is 8.29. The Kier molecular flexibility index (Phi) is 3.58. The molecule has 1 fully saturated rings. The van der Waals surface area contributed by atoms with E-state index >= 15 is 0 Å². The minimum atomic E-state index is -4.74. The zero-order valence-corrected chi connectivity index (χ0v) is 11.9. The number of anilines is 1. The van der Waals surface area contributed by atoms with Gasteiger partial charge in [-0.1, -0.05) is 0 Å². The van der Waals surface area contributed by atoms with E-state index in [2.05, 4.69) is 0 Å². The van der Waals surface area contributed by atoms with Gasteiger partial charge in [0.2, 0.25) is 5.91 Å². The van der Waals surface area contributed by atoms with E-state index in [-0.39, 0.29) is 13.0 Å². The maximum Gasteiger partial charge on any atom is 0.307 e. The molecule has 1 unspecified atom stereocenters. The predicted molar refractivity (Wildman–Crippen MR) is 69.9 cm³/mol. The van der Waals surface area contributed by atoms with Crippen molar-refractivity contribution in [3.63, 3.8) is 0 Å². The van der Waals surface area contributed by atoms with Crippen LogP contribution in [0.2, 0.25) is 0 Å². The second kappa shape index (κ2) is 4.72. The van der Waals surface area contributed by atoms with Crippen LogP contribution in [0.15, 0.2) is 18.2 Å². The lowest BCUT2D eigenvalue weighted by atomic mass is 10.3. The average molecular weight is 387 g/mol. The minimum Gasteiger partial charge on any atom is -0.310 e. The van der Waals surface area contributed by atoms with Gasteiger partial charge in [-0.05, 0) is 40.8 Å². The van der Waals surface area contributed by atoms with Crippen molar-refractivity contribution < 1.29 is 21.5 Å². The summed E-state index contributed by atoms with van der Waals surface area (Å²) in [6.45, 7) is -0.237. The highest BCUT2D eigenvalue weighted by molar-refractivity contribution is 14.1. The van der Waals surface area contributed by atoms with Gasteiger partial charge in [0.25, 0.3) is 0 Å². The Labute approximate surface area is 116 Å². The van der Waals surface area contributed by atoms with Crippen molar-refractivity contribution in [2.45, 2.75) is 11.7 Å². The fourth-order valence-electron chi connectivity index (χ4n) is 1.80. The van der Waals surface area contributed by atoms with Gasteiger partial charge in [-0.3, -0.25) is 4.79 Å². The normalized spacial score (nSPS) is 20.5. The van der Waals surface area contributed by atoms with Crippen molar-refractivity contribution in [3.8, 4) is 0 Å². The SMILES string of the molecule is O=C1CC(S(=O)(=O)F)CN1c1ccc(F)cc1I. The van der Waals surface area contributed by atoms with Crippen LogP contribution in [-0.4, -0.2) is 26.1 Å². The van der Waals surface area contributed by atoms with Crippen molar-refractivity contribution in [2.75, 3.05) is 11.4 Å². The first-order valence-corrected chi connectivity index (χ1v) is 7.50. The van der Waals surface area contributed by atoms with Crippen molar-refractivity contribution in [3.05, 3.63) is 27.6 Å². The third kappa shape index (κ3) is 2.63. The predicted octanol–water partition coefficient (Wildman–Crippen LogP) is 1.83. The maximum absolute atomic E-state index is 12.9. The van der Waals surface area contributed by atoms with Crippen LogP contribution in [0.4, 0.5) is 14.0 Å². The highest BCUT2D eigenvalue weighted by atomic mass is 127. The number of halogens is 3. The van der Waals surface area contributed by atoms with Gasteiger partial charge < -0.3 is 4.90 Å². The number of hydrogen-bond acceptors (Lipinski definition) is 3. The van der Waals surface area contributed by atoms with E-state index in [1.54, 1.807) is 0 Å². The van der Waals surface area contributed by atoms with E-state index < -0.39 is 27.2 Å². The number of hydrogen-bond donors (Lipinski definition) is 0. The van der Waals surface area contributed by atoms with E-state index in [9.17, 15) is 21.5 Å². The Bertz CT molecular complexity index is 605. The lowest BCUT2D eigenvalue weighted by Crippen LogP contribution is -2.27. The van der Waals surface area contributed by atoms with Gasteiger partial charge in [0.05, 0.1) is 5.69 Å². The molecule has 0 spiro atoms. The second-order valence-corrected chi connectivity index (χ2v) is 6.68. The molecule has 1 aromatic rings. The molecule has 0 N–H and O–H groups in total. The number of carbonyl (C=O) groups is 1. The molecule has 1 heterocycles. The summed E-state index contributed by atoms with van der Waals surface area (Å²) >= 11 is 1.84. The molecule has 4 nitrogen and oxygen atoms in total. The zero-order valence-electron chi connectivity index (χ0n) is 8.94. The largest absolute Gasteiger partial charge is 0.310 e.